The number of hydrogen-bond acceptors (Lipinski definition) is 1. The van der Waals surface area contributed by atoms with Crippen molar-refractivity contribution in [2.24, 2.45) is 0 Å². The minimum Gasteiger partial charge on any atom is -0.310 e. The van der Waals surface area contributed by atoms with Crippen molar-refractivity contribution < 1.29 is 28.8 Å². The van der Waals surface area contributed by atoms with Gasteiger partial charge in [-0.25, -0.2) is 0 Å². The third-order valence-electron chi connectivity index (χ3n) is 10.0. The van der Waals surface area contributed by atoms with E-state index in [4.69, 9.17) is 21.9 Å². The van der Waals surface area contributed by atoms with Gasteiger partial charge in [0.15, 0.2) is 0 Å². The zero-order valence-corrected chi connectivity index (χ0v) is 29.5. The van der Waals surface area contributed by atoms with E-state index in [1.54, 1.807) is 12.1 Å². The Hall–Kier alpha value is -6.96. The molecule has 0 saturated heterocycles. The molecule has 266 valence electrons. The van der Waals surface area contributed by atoms with Gasteiger partial charge in [-0.15, -0.1) is 0 Å². The van der Waals surface area contributed by atoms with Crippen LogP contribution in [0.15, 0.2) is 212 Å². The van der Waals surface area contributed by atoms with Gasteiger partial charge in [0.25, 0.3) is 0 Å². The first-order valence-electron chi connectivity index (χ1n) is 28.3. The van der Waals surface area contributed by atoms with Gasteiger partial charge >= 0.3 is 0 Å². The number of fused-ring (bicyclic) bond motifs is 4. The lowest BCUT2D eigenvalue weighted by Crippen LogP contribution is -2.16. The summed E-state index contributed by atoms with van der Waals surface area (Å²) in [7, 11) is 0. The molecule has 1 aliphatic rings. The molecule has 1 nitrogen and oxygen atoms in total. The molecule has 1 aliphatic carbocycles. The Bertz CT molecular complexity index is 3900. The van der Waals surface area contributed by atoms with E-state index in [2.05, 4.69) is 0 Å². The molecule has 0 radical (unpaired) electrons. The van der Waals surface area contributed by atoms with Crippen molar-refractivity contribution in [2.75, 3.05) is 4.90 Å². The standard InChI is InChI=1S/C55H41N/c1-55(2)51-23-13-11-22-49(51)50-36-34-45(37-52(50)55)56(53-24-14-12-20-46(53)40-17-7-4-8-18-40)44-32-29-42(30-33-44)48-35-31-41-19-9-10-21-47(41)54(48)43-27-25-39(26-28-43)38-15-5-3-6-16-38/h3-37H,1-2H3/i1D3,2D3,4D,7D,8D,11D,12D,13D,17D,18D,20D,22D,23D,24D,34D,36D,37D. The zero-order valence-electron chi connectivity index (χ0n) is 50.5. The Morgan fingerprint density at radius 2 is 1.11 bits per heavy atom. The highest BCUT2D eigenvalue weighted by Gasteiger charge is 2.36. The summed E-state index contributed by atoms with van der Waals surface area (Å²) in [5.74, 6) is 0. The van der Waals surface area contributed by atoms with Gasteiger partial charge in [0.2, 0.25) is 0 Å². The lowest BCUT2D eigenvalue weighted by molar-refractivity contribution is 0.660. The van der Waals surface area contributed by atoms with Crippen molar-refractivity contribution in [1.82, 2.24) is 0 Å². The number of hydrogen-bond donors (Lipinski definition) is 0. The molecule has 9 aromatic carbocycles. The average molecular weight is 737 g/mol. The van der Waals surface area contributed by atoms with Gasteiger partial charge < -0.3 is 4.90 Å². The fourth-order valence-corrected chi connectivity index (χ4v) is 7.40. The maximum absolute atomic E-state index is 10.1. The molecular formula is C55H41N. The van der Waals surface area contributed by atoms with Crippen LogP contribution in [0.3, 0.4) is 0 Å². The highest BCUT2D eigenvalue weighted by Crippen LogP contribution is 2.51. The maximum atomic E-state index is 10.1. The fraction of sp³-hybridized carbons (Fsp3) is 0.0545. The minimum atomic E-state index is -3.77. The Labute approximate surface area is 359 Å². The van der Waals surface area contributed by atoms with Gasteiger partial charge in [-0.2, -0.15) is 0 Å². The summed E-state index contributed by atoms with van der Waals surface area (Å²) in [4.78, 5) is 0.966. The molecule has 0 unspecified atom stereocenters. The SMILES string of the molecule is [2H]c1cc([2H])c(N(c2ccc(-c3ccc4ccccc4c3-c3ccc(-c4ccccc4)cc3)cc2)c2c([2H])c([2H])c3c(c2[2H])C(C([2H])([2H])[2H])(C([2H])([2H])[2H])c2c([2H])c([2H])c([2H])c([2H])c2-3)c(-c2c([2H])c([2H])c([2H])c([2H])c2[2H])c1[2H]. The molecule has 0 amide bonds. The molecule has 0 spiro atoms. The monoisotopic (exact) mass is 736 g/mol. The number of anilines is 3. The van der Waals surface area contributed by atoms with Crippen molar-refractivity contribution in [3.63, 3.8) is 0 Å². The maximum Gasteiger partial charge on any atom is 0.0648 e. The topological polar surface area (TPSA) is 3.24 Å². The Balaban J connectivity index is 1.31. The molecule has 56 heavy (non-hydrogen) atoms. The number of benzene rings is 9. The molecule has 0 aromatic heterocycles. The molecule has 0 atom stereocenters. The highest BCUT2D eigenvalue weighted by atomic mass is 15.1. The van der Waals surface area contributed by atoms with Crippen molar-refractivity contribution in [1.29, 1.82) is 0 Å². The number of para-hydroxylation sites is 1. The van der Waals surface area contributed by atoms with Crippen LogP contribution < -0.4 is 4.90 Å². The van der Waals surface area contributed by atoms with Gasteiger partial charge in [0.05, 0.1) is 26.2 Å². The molecule has 10 rings (SSSR count). The van der Waals surface area contributed by atoms with Gasteiger partial charge in [-0.3, -0.25) is 0 Å². The smallest absolute Gasteiger partial charge is 0.0648 e. The van der Waals surface area contributed by atoms with Crippen LogP contribution in [0, 0.1) is 0 Å². The van der Waals surface area contributed by atoms with E-state index in [1.807, 2.05) is 91.0 Å². The van der Waals surface area contributed by atoms with E-state index in [-0.39, 0.29) is 5.69 Å². The second-order valence-corrected chi connectivity index (χ2v) is 13.3. The lowest BCUT2D eigenvalue weighted by Gasteiger charge is -2.30. The van der Waals surface area contributed by atoms with Crippen LogP contribution in [0.4, 0.5) is 17.1 Å². The molecule has 1 heteroatoms. The predicted octanol–water partition coefficient (Wildman–Crippen LogP) is 15.3. The number of nitrogens with zero attached hydrogens (tertiary/aromatic N) is 1. The summed E-state index contributed by atoms with van der Waals surface area (Å²) >= 11 is 0. The summed E-state index contributed by atoms with van der Waals surface area (Å²) in [5, 5.41) is 1.83. The molecule has 0 N–H and O–H groups in total. The minimum absolute atomic E-state index is 0.1000. The van der Waals surface area contributed by atoms with Gasteiger partial charge in [-0.05, 0) is 102 Å². The highest BCUT2D eigenvalue weighted by molar-refractivity contribution is 6.04. The van der Waals surface area contributed by atoms with E-state index in [1.165, 1.54) is 12.1 Å². The van der Waals surface area contributed by atoms with Crippen LogP contribution in [-0.4, -0.2) is 0 Å². The van der Waals surface area contributed by atoms with E-state index in [0.717, 1.165) is 49.6 Å². The molecule has 0 aliphatic heterocycles. The van der Waals surface area contributed by atoms with E-state index < -0.39 is 155 Å². The van der Waals surface area contributed by atoms with Crippen molar-refractivity contribution in [2.45, 2.75) is 19.1 Å². The summed E-state index contributed by atoms with van der Waals surface area (Å²) in [6.45, 7) is -7.54. The zero-order chi connectivity index (χ0) is 55.7. The number of rotatable bonds is 7. The third-order valence-corrected chi connectivity index (χ3v) is 10.0. The normalized spacial score (nSPS) is 18.4. The quantitative estimate of drug-likeness (QED) is 0.157. The van der Waals surface area contributed by atoms with E-state index in [0.29, 0.717) is 5.56 Å². The lowest BCUT2D eigenvalue weighted by atomic mass is 9.82. The summed E-state index contributed by atoms with van der Waals surface area (Å²) in [5.41, 5.74) is -4.59. The molecule has 0 heterocycles. The fourth-order valence-electron chi connectivity index (χ4n) is 7.40. The first-order valence-corrected chi connectivity index (χ1v) is 17.8. The summed E-state index contributed by atoms with van der Waals surface area (Å²) in [6, 6.07) is 23.5. The van der Waals surface area contributed by atoms with Crippen LogP contribution in [0.1, 0.15) is 53.6 Å². The van der Waals surface area contributed by atoms with Crippen LogP contribution >= 0.6 is 0 Å². The van der Waals surface area contributed by atoms with Gasteiger partial charge in [0.1, 0.15) is 0 Å². The Morgan fingerprint density at radius 3 is 1.93 bits per heavy atom. The van der Waals surface area contributed by atoms with E-state index in [9.17, 15) is 6.85 Å². The molecule has 0 saturated carbocycles. The summed E-state index contributed by atoms with van der Waals surface area (Å²) < 4.78 is 190. The molecular weight excluding hydrogens is 675 g/mol. The van der Waals surface area contributed by atoms with Crippen LogP contribution in [0.25, 0.3) is 66.4 Å². The van der Waals surface area contributed by atoms with Crippen LogP contribution in [0.5, 0.6) is 0 Å². The summed E-state index contributed by atoms with van der Waals surface area (Å²) in [6.07, 6.45) is 0. The predicted molar refractivity (Wildman–Crippen MR) is 238 cm³/mol. The van der Waals surface area contributed by atoms with Crippen LogP contribution in [0.2, 0.25) is 0 Å². The van der Waals surface area contributed by atoms with Crippen molar-refractivity contribution in [3.8, 4) is 55.6 Å². The first kappa shape index (κ1) is 18.1. The second kappa shape index (κ2) is 13.7. The Kier molecular flexibility index (Phi) is 4.44. The van der Waals surface area contributed by atoms with E-state index >= 15 is 0 Å². The van der Waals surface area contributed by atoms with Crippen molar-refractivity contribution in [3.05, 3.63) is 223 Å². The first-order chi connectivity index (χ1) is 36.3. The molecule has 9 aromatic rings. The second-order valence-electron chi connectivity index (χ2n) is 13.3. The average Bonchev–Trinajstić information content (AvgIpc) is 4.04. The Morgan fingerprint density at radius 1 is 0.429 bits per heavy atom. The van der Waals surface area contributed by atoms with Gasteiger partial charge in [0, 0.05) is 30.6 Å². The van der Waals surface area contributed by atoms with Crippen LogP contribution in [-0.2, 0) is 5.41 Å². The molecule has 0 bridgehead atoms. The largest absolute Gasteiger partial charge is 0.310 e. The third kappa shape index (κ3) is 5.72. The van der Waals surface area contributed by atoms with Gasteiger partial charge in [-0.1, -0.05) is 195 Å². The van der Waals surface area contributed by atoms with Crippen molar-refractivity contribution >= 4 is 27.8 Å². The molecule has 0 fully saturated rings.